The van der Waals surface area contributed by atoms with Crippen molar-refractivity contribution in [3.05, 3.63) is 71.9 Å². The molecule has 2 aliphatic rings. The summed E-state index contributed by atoms with van der Waals surface area (Å²) < 4.78 is 47.6. The number of halogens is 3. The Morgan fingerprint density at radius 3 is 2.07 bits per heavy atom. The van der Waals surface area contributed by atoms with Gasteiger partial charge in [-0.2, -0.15) is 13.2 Å². The second-order valence-corrected chi connectivity index (χ2v) is 11.6. The second-order valence-electron chi connectivity index (χ2n) is 11.6. The molecule has 0 bridgehead atoms. The van der Waals surface area contributed by atoms with Crippen molar-refractivity contribution in [1.82, 2.24) is 24.4 Å². The molecule has 2 aliphatic heterocycles. The Hall–Kier alpha value is -4.69. The molecule has 0 saturated carbocycles. The Morgan fingerprint density at radius 2 is 1.48 bits per heavy atom. The summed E-state index contributed by atoms with van der Waals surface area (Å²) in [6.07, 6.45) is -2.73. The number of hydrogen-bond acceptors (Lipinski definition) is 7. The largest absolute Gasteiger partial charge is 0.433 e. The first-order valence-electron chi connectivity index (χ1n) is 15.1. The fraction of sp³-hybridized carbons (Fsp3) is 0.375. The molecule has 4 heterocycles. The predicted octanol–water partition coefficient (Wildman–Crippen LogP) is 5.06. The van der Waals surface area contributed by atoms with Crippen LogP contribution in [0.25, 0.3) is 16.9 Å². The maximum atomic E-state index is 13.8. The standard InChI is InChI=1S/C32H35F3N8O3/c1-40(2)25-13-15-42(16-14-25)30(44)22-5-9-24(10-6-22)37-31(45)36-23-7-3-21(4-8-23)28-38-29(41-17-19-46-20-18-41)26-11-12-27(32(33,34)35)43(26)39-28/h3-12,25H,13-20H2,1-2H3,(H2,36,37,45). The molecule has 2 aromatic heterocycles. The van der Waals surface area contributed by atoms with Gasteiger partial charge in [-0.25, -0.2) is 14.3 Å². The summed E-state index contributed by atoms with van der Waals surface area (Å²) in [5.74, 6) is 0.482. The molecule has 0 radical (unpaired) electrons. The smallest absolute Gasteiger partial charge is 0.378 e. The molecular weight excluding hydrogens is 601 g/mol. The fourth-order valence-electron chi connectivity index (χ4n) is 5.79. The number of likely N-dealkylation sites (tertiary alicyclic amines) is 1. The van der Waals surface area contributed by atoms with Crippen LogP contribution in [0.5, 0.6) is 0 Å². The molecule has 242 valence electrons. The van der Waals surface area contributed by atoms with E-state index in [-0.39, 0.29) is 17.2 Å². The van der Waals surface area contributed by atoms with Crippen molar-refractivity contribution in [3.8, 4) is 11.4 Å². The molecule has 0 aliphatic carbocycles. The number of aromatic nitrogens is 3. The molecule has 3 amide bonds. The highest BCUT2D eigenvalue weighted by Gasteiger charge is 2.35. The summed E-state index contributed by atoms with van der Waals surface area (Å²) in [4.78, 5) is 36.2. The number of piperidine rings is 1. The van der Waals surface area contributed by atoms with E-state index in [4.69, 9.17) is 4.74 Å². The van der Waals surface area contributed by atoms with Crippen molar-refractivity contribution >= 4 is 34.6 Å². The first-order valence-corrected chi connectivity index (χ1v) is 15.1. The third kappa shape index (κ3) is 6.77. The molecule has 46 heavy (non-hydrogen) atoms. The highest BCUT2D eigenvalue weighted by atomic mass is 19.4. The lowest BCUT2D eigenvalue weighted by atomic mass is 10.0. The van der Waals surface area contributed by atoms with Crippen LogP contribution in [-0.4, -0.2) is 95.9 Å². The average molecular weight is 637 g/mol. The zero-order chi connectivity index (χ0) is 32.4. The minimum absolute atomic E-state index is 0.0279. The quantitative estimate of drug-likeness (QED) is 0.305. The summed E-state index contributed by atoms with van der Waals surface area (Å²) in [5.41, 5.74) is 1.38. The van der Waals surface area contributed by atoms with Crippen LogP contribution in [0.3, 0.4) is 0 Å². The van der Waals surface area contributed by atoms with Crippen molar-refractivity contribution < 1.29 is 27.5 Å². The van der Waals surface area contributed by atoms with E-state index in [1.54, 1.807) is 48.5 Å². The maximum Gasteiger partial charge on any atom is 0.433 e. The van der Waals surface area contributed by atoms with Gasteiger partial charge in [-0.05, 0) is 87.6 Å². The van der Waals surface area contributed by atoms with Crippen LogP contribution in [0.1, 0.15) is 28.9 Å². The summed E-state index contributed by atoms with van der Waals surface area (Å²) in [6, 6.07) is 15.6. The number of urea groups is 1. The number of alkyl halides is 3. The van der Waals surface area contributed by atoms with Gasteiger partial charge in [0.2, 0.25) is 0 Å². The van der Waals surface area contributed by atoms with Gasteiger partial charge in [-0.15, -0.1) is 5.10 Å². The van der Waals surface area contributed by atoms with E-state index in [1.165, 1.54) is 6.07 Å². The molecule has 0 unspecified atom stereocenters. The number of nitrogens with one attached hydrogen (secondary N) is 2. The Kier molecular flexibility index (Phi) is 8.82. The molecule has 0 atom stereocenters. The number of amides is 3. The normalized spacial score (nSPS) is 16.2. The van der Waals surface area contributed by atoms with Gasteiger partial charge in [0.25, 0.3) is 5.91 Å². The highest BCUT2D eigenvalue weighted by Crippen LogP contribution is 2.34. The van der Waals surface area contributed by atoms with Crippen molar-refractivity contribution in [3.63, 3.8) is 0 Å². The summed E-state index contributed by atoms with van der Waals surface area (Å²) in [5, 5.41) is 9.73. The number of carbonyl (C=O) groups excluding carboxylic acids is 2. The Morgan fingerprint density at radius 1 is 0.870 bits per heavy atom. The minimum atomic E-state index is -4.60. The van der Waals surface area contributed by atoms with Gasteiger partial charge >= 0.3 is 12.2 Å². The van der Waals surface area contributed by atoms with Crippen LogP contribution < -0.4 is 15.5 Å². The first kappa shape index (κ1) is 31.3. The van der Waals surface area contributed by atoms with Gasteiger partial charge in [-0.1, -0.05) is 0 Å². The van der Waals surface area contributed by atoms with Crippen molar-refractivity contribution in [2.45, 2.75) is 25.1 Å². The number of hydrogen-bond donors (Lipinski definition) is 2. The van der Waals surface area contributed by atoms with Gasteiger partial charge in [0.1, 0.15) is 11.2 Å². The second kappa shape index (κ2) is 13.0. The van der Waals surface area contributed by atoms with Crippen LogP contribution in [0.2, 0.25) is 0 Å². The van der Waals surface area contributed by atoms with Gasteiger partial charge in [0, 0.05) is 54.7 Å². The fourth-order valence-corrected chi connectivity index (χ4v) is 5.79. The van der Waals surface area contributed by atoms with E-state index < -0.39 is 17.9 Å². The lowest BCUT2D eigenvalue weighted by Gasteiger charge is -2.35. The van der Waals surface area contributed by atoms with Gasteiger partial charge in [-0.3, -0.25) is 4.79 Å². The number of benzene rings is 2. The zero-order valence-corrected chi connectivity index (χ0v) is 25.5. The van der Waals surface area contributed by atoms with Crippen LogP contribution >= 0.6 is 0 Å². The summed E-state index contributed by atoms with van der Waals surface area (Å²) in [7, 11) is 4.11. The van der Waals surface area contributed by atoms with Crippen LogP contribution in [-0.2, 0) is 10.9 Å². The first-order chi connectivity index (χ1) is 22.1. The molecule has 6 rings (SSSR count). The molecule has 0 spiro atoms. The Labute approximate surface area is 263 Å². The van der Waals surface area contributed by atoms with Gasteiger partial charge in [0.15, 0.2) is 11.6 Å². The molecule has 11 nitrogen and oxygen atoms in total. The van der Waals surface area contributed by atoms with E-state index in [0.717, 1.165) is 23.4 Å². The summed E-state index contributed by atoms with van der Waals surface area (Å²) >= 11 is 0. The van der Waals surface area contributed by atoms with E-state index >= 15 is 0 Å². The highest BCUT2D eigenvalue weighted by molar-refractivity contribution is 6.00. The third-order valence-corrected chi connectivity index (χ3v) is 8.36. The lowest BCUT2D eigenvalue weighted by molar-refractivity contribution is -0.142. The molecule has 2 N–H and O–H groups in total. The van der Waals surface area contributed by atoms with E-state index in [1.807, 2.05) is 9.80 Å². The van der Waals surface area contributed by atoms with Gasteiger partial charge in [0.05, 0.1) is 13.2 Å². The predicted molar refractivity (Wildman–Crippen MR) is 168 cm³/mol. The molecule has 2 saturated heterocycles. The zero-order valence-electron chi connectivity index (χ0n) is 25.5. The minimum Gasteiger partial charge on any atom is -0.378 e. The lowest BCUT2D eigenvalue weighted by Crippen LogP contribution is -2.44. The maximum absolute atomic E-state index is 13.8. The number of anilines is 3. The molecule has 14 heteroatoms. The molecule has 2 aromatic carbocycles. The van der Waals surface area contributed by atoms with Crippen LogP contribution in [0.15, 0.2) is 60.7 Å². The number of ether oxygens (including phenoxy) is 1. The number of rotatable bonds is 6. The Bertz CT molecular complexity index is 1690. The van der Waals surface area contributed by atoms with Crippen molar-refractivity contribution in [1.29, 1.82) is 0 Å². The average Bonchev–Trinajstić information content (AvgIpc) is 3.50. The van der Waals surface area contributed by atoms with Crippen LogP contribution in [0.4, 0.5) is 35.2 Å². The number of fused-ring (bicyclic) bond motifs is 1. The van der Waals surface area contributed by atoms with Gasteiger partial charge < -0.3 is 30.1 Å². The van der Waals surface area contributed by atoms with Crippen molar-refractivity contribution in [2.75, 3.05) is 69.0 Å². The molecule has 4 aromatic rings. The topological polar surface area (TPSA) is 107 Å². The SMILES string of the molecule is CN(C)C1CCN(C(=O)c2ccc(NC(=O)Nc3ccc(-c4nc(N5CCOCC5)c5ccc(C(F)(F)F)n5n4)cc3)cc2)CC1. The number of morpholine rings is 1. The van der Waals surface area contributed by atoms with Crippen LogP contribution in [0, 0.1) is 0 Å². The van der Waals surface area contributed by atoms with E-state index in [0.29, 0.717) is 73.8 Å². The number of carbonyl (C=O) groups is 2. The number of nitrogens with zero attached hydrogens (tertiary/aromatic N) is 6. The molecule has 2 fully saturated rings. The van der Waals surface area contributed by atoms with E-state index in [9.17, 15) is 22.8 Å². The van der Waals surface area contributed by atoms with Crippen molar-refractivity contribution in [2.24, 2.45) is 0 Å². The third-order valence-electron chi connectivity index (χ3n) is 8.36. The molecular formula is C32H35F3N8O3. The Balaban J connectivity index is 1.12. The summed E-state index contributed by atoms with van der Waals surface area (Å²) in [6.45, 7) is 3.29. The van der Waals surface area contributed by atoms with E-state index in [2.05, 4.69) is 39.7 Å². The monoisotopic (exact) mass is 636 g/mol.